The van der Waals surface area contributed by atoms with Crippen molar-refractivity contribution in [3.05, 3.63) is 35.4 Å². The van der Waals surface area contributed by atoms with Crippen LogP contribution in [-0.2, 0) is 6.18 Å². The summed E-state index contributed by atoms with van der Waals surface area (Å²) in [4.78, 5) is 0. The summed E-state index contributed by atoms with van der Waals surface area (Å²) in [5, 5.41) is 0. The van der Waals surface area contributed by atoms with Crippen molar-refractivity contribution in [2.45, 2.75) is 19.1 Å². The highest BCUT2D eigenvalue weighted by atomic mass is 35.5. The molecule has 0 aliphatic carbocycles. The maximum Gasteiger partial charge on any atom is 0.416 e. The molecular weight excluding hydrogens is 215 g/mol. The minimum atomic E-state index is -4.32. The molecule has 0 radical (unpaired) electrons. The lowest BCUT2D eigenvalue weighted by Crippen LogP contribution is -2.14. The zero-order valence-corrected chi connectivity index (χ0v) is 8.32. The van der Waals surface area contributed by atoms with Gasteiger partial charge in [-0.2, -0.15) is 13.2 Å². The molecule has 5 heteroatoms. The van der Waals surface area contributed by atoms with E-state index in [9.17, 15) is 13.2 Å². The summed E-state index contributed by atoms with van der Waals surface area (Å²) >= 11 is 0. The van der Waals surface area contributed by atoms with Gasteiger partial charge < -0.3 is 5.73 Å². The molecule has 1 rings (SSSR count). The van der Waals surface area contributed by atoms with E-state index in [1.807, 2.05) is 0 Å². The Labute approximate surface area is 86.5 Å². The third kappa shape index (κ3) is 2.89. The molecule has 2 N–H and O–H groups in total. The highest BCUT2D eigenvalue weighted by molar-refractivity contribution is 5.85. The smallest absolute Gasteiger partial charge is 0.324 e. The van der Waals surface area contributed by atoms with E-state index < -0.39 is 17.8 Å². The van der Waals surface area contributed by atoms with Gasteiger partial charge in [0, 0.05) is 6.04 Å². The van der Waals surface area contributed by atoms with E-state index in [1.54, 1.807) is 6.07 Å². The SMILES string of the molecule is CC(N)c1ccccc1C(F)(F)F.Cl. The van der Waals surface area contributed by atoms with Crippen LogP contribution in [-0.4, -0.2) is 0 Å². The van der Waals surface area contributed by atoms with Crippen LogP contribution in [0.25, 0.3) is 0 Å². The predicted octanol–water partition coefficient (Wildman–Crippen LogP) is 3.15. The van der Waals surface area contributed by atoms with Crippen molar-refractivity contribution < 1.29 is 13.2 Å². The van der Waals surface area contributed by atoms with E-state index in [0.29, 0.717) is 0 Å². The van der Waals surface area contributed by atoms with E-state index in [-0.39, 0.29) is 18.0 Å². The molecule has 1 atom stereocenters. The number of nitrogens with two attached hydrogens (primary N) is 1. The van der Waals surface area contributed by atoms with Crippen LogP contribution in [0.5, 0.6) is 0 Å². The Morgan fingerprint density at radius 2 is 1.71 bits per heavy atom. The van der Waals surface area contributed by atoms with Crippen molar-refractivity contribution in [1.29, 1.82) is 0 Å². The summed E-state index contributed by atoms with van der Waals surface area (Å²) in [5.74, 6) is 0. The molecule has 0 fully saturated rings. The molecule has 1 nitrogen and oxygen atoms in total. The largest absolute Gasteiger partial charge is 0.416 e. The van der Waals surface area contributed by atoms with Crippen molar-refractivity contribution in [2.75, 3.05) is 0 Å². The van der Waals surface area contributed by atoms with Crippen molar-refractivity contribution in [3.8, 4) is 0 Å². The lowest BCUT2D eigenvalue weighted by molar-refractivity contribution is -0.138. The van der Waals surface area contributed by atoms with Crippen molar-refractivity contribution in [1.82, 2.24) is 0 Å². The summed E-state index contributed by atoms with van der Waals surface area (Å²) in [6.45, 7) is 1.53. The second-order valence-electron chi connectivity index (χ2n) is 2.87. The van der Waals surface area contributed by atoms with Gasteiger partial charge in [0.05, 0.1) is 5.56 Å². The van der Waals surface area contributed by atoms with Gasteiger partial charge in [-0.1, -0.05) is 18.2 Å². The van der Waals surface area contributed by atoms with Crippen LogP contribution in [0.1, 0.15) is 24.1 Å². The first-order valence-electron chi connectivity index (χ1n) is 3.84. The Morgan fingerprint density at radius 1 is 1.21 bits per heavy atom. The normalized spacial score (nSPS) is 13.2. The molecule has 0 bridgehead atoms. The number of hydrogen-bond acceptors (Lipinski definition) is 1. The standard InChI is InChI=1S/C9H10F3N.ClH/c1-6(13)7-4-2-3-5-8(7)9(10,11)12;/h2-6H,13H2,1H3;1H. The summed E-state index contributed by atoms with van der Waals surface area (Å²) in [6, 6.07) is 4.74. The fourth-order valence-corrected chi connectivity index (χ4v) is 1.15. The first-order chi connectivity index (χ1) is 5.93. The van der Waals surface area contributed by atoms with Gasteiger partial charge in [0.25, 0.3) is 0 Å². The minimum Gasteiger partial charge on any atom is -0.324 e. The maximum absolute atomic E-state index is 12.4. The van der Waals surface area contributed by atoms with Gasteiger partial charge in [0.15, 0.2) is 0 Å². The molecule has 0 aliphatic heterocycles. The molecule has 0 amide bonds. The van der Waals surface area contributed by atoms with Gasteiger partial charge in [-0.3, -0.25) is 0 Å². The van der Waals surface area contributed by atoms with Crippen LogP contribution in [0.15, 0.2) is 24.3 Å². The van der Waals surface area contributed by atoms with E-state index in [4.69, 9.17) is 5.73 Å². The first-order valence-corrected chi connectivity index (χ1v) is 3.84. The minimum absolute atomic E-state index is 0. The van der Waals surface area contributed by atoms with E-state index >= 15 is 0 Å². The quantitative estimate of drug-likeness (QED) is 0.781. The van der Waals surface area contributed by atoms with Crippen LogP contribution in [0.4, 0.5) is 13.2 Å². The molecule has 0 saturated carbocycles. The Morgan fingerprint density at radius 3 is 2.07 bits per heavy atom. The van der Waals surface area contributed by atoms with Gasteiger partial charge in [-0.15, -0.1) is 12.4 Å². The number of halogens is 4. The van der Waals surface area contributed by atoms with Gasteiger partial charge in [0.2, 0.25) is 0 Å². The lowest BCUT2D eigenvalue weighted by atomic mass is 10.0. The van der Waals surface area contributed by atoms with E-state index in [1.165, 1.54) is 19.1 Å². The molecule has 1 unspecified atom stereocenters. The number of alkyl halides is 3. The van der Waals surface area contributed by atoms with Crippen LogP contribution in [0.2, 0.25) is 0 Å². The summed E-state index contributed by atoms with van der Waals surface area (Å²) in [5.41, 5.74) is 4.90. The second kappa shape index (κ2) is 4.66. The molecule has 0 aliphatic rings. The second-order valence-corrected chi connectivity index (χ2v) is 2.87. The third-order valence-electron chi connectivity index (χ3n) is 1.76. The van der Waals surface area contributed by atoms with Gasteiger partial charge in [-0.25, -0.2) is 0 Å². The predicted molar refractivity (Wildman–Crippen MR) is 51.3 cm³/mol. The highest BCUT2D eigenvalue weighted by Crippen LogP contribution is 2.33. The molecular formula is C9H11ClF3N. The van der Waals surface area contributed by atoms with E-state index in [2.05, 4.69) is 0 Å². The van der Waals surface area contributed by atoms with Crippen LogP contribution in [0.3, 0.4) is 0 Å². The lowest BCUT2D eigenvalue weighted by Gasteiger charge is -2.14. The Bertz CT molecular complexity index is 296. The van der Waals surface area contributed by atoms with Crippen molar-refractivity contribution in [2.24, 2.45) is 5.73 Å². The fraction of sp³-hybridized carbons (Fsp3) is 0.333. The van der Waals surface area contributed by atoms with Gasteiger partial charge in [0.1, 0.15) is 0 Å². The van der Waals surface area contributed by atoms with E-state index in [0.717, 1.165) is 6.07 Å². The molecule has 1 aromatic carbocycles. The summed E-state index contributed by atoms with van der Waals surface area (Å²) < 4.78 is 37.1. The summed E-state index contributed by atoms with van der Waals surface area (Å²) in [7, 11) is 0. The molecule has 1 aromatic rings. The zero-order chi connectivity index (χ0) is 10.1. The molecule has 14 heavy (non-hydrogen) atoms. The van der Waals surface area contributed by atoms with Crippen LogP contribution < -0.4 is 5.73 Å². The highest BCUT2D eigenvalue weighted by Gasteiger charge is 2.33. The number of rotatable bonds is 1. The maximum atomic E-state index is 12.4. The summed E-state index contributed by atoms with van der Waals surface area (Å²) in [6.07, 6.45) is -4.32. The molecule has 80 valence electrons. The first kappa shape index (κ1) is 13.3. The van der Waals surface area contributed by atoms with Gasteiger partial charge >= 0.3 is 6.18 Å². The van der Waals surface area contributed by atoms with Crippen LogP contribution >= 0.6 is 12.4 Å². The zero-order valence-electron chi connectivity index (χ0n) is 7.51. The molecule has 0 spiro atoms. The molecule has 0 aromatic heterocycles. The molecule has 0 saturated heterocycles. The monoisotopic (exact) mass is 225 g/mol. The van der Waals surface area contributed by atoms with Crippen molar-refractivity contribution in [3.63, 3.8) is 0 Å². The average Bonchev–Trinajstić information content (AvgIpc) is 2.03. The Kier molecular flexibility index (Phi) is 4.42. The Balaban J connectivity index is 0.00000169. The average molecular weight is 226 g/mol. The van der Waals surface area contributed by atoms with Crippen LogP contribution in [0, 0.1) is 0 Å². The van der Waals surface area contributed by atoms with Crippen molar-refractivity contribution >= 4 is 12.4 Å². The number of hydrogen-bond donors (Lipinski definition) is 1. The Hall–Kier alpha value is -0.740. The third-order valence-corrected chi connectivity index (χ3v) is 1.76. The van der Waals surface area contributed by atoms with Gasteiger partial charge in [-0.05, 0) is 18.6 Å². The molecule has 0 heterocycles. The fourth-order valence-electron chi connectivity index (χ4n) is 1.15. The topological polar surface area (TPSA) is 26.0 Å². The number of benzene rings is 1.